The molecule has 0 aliphatic carbocycles. The molecule has 1 aromatic heterocycles. The molecule has 2 aromatic rings. The molecule has 0 amide bonds. The molecule has 0 fully saturated rings. The van der Waals surface area contributed by atoms with Crippen molar-refractivity contribution in [1.29, 1.82) is 0 Å². The van der Waals surface area contributed by atoms with E-state index >= 15 is 0 Å². The molecule has 0 spiro atoms. The minimum atomic E-state index is -0.462. The quantitative estimate of drug-likeness (QED) is 0.888. The zero-order valence-electron chi connectivity index (χ0n) is 10.7. The van der Waals surface area contributed by atoms with Crippen molar-refractivity contribution < 1.29 is 4.39 Å². The van der Waals surface area contributed by atoms with E-state index in [-0.39, 0.29) is 17.0 Å². The predicted octanol–water partition coefficient (Wildman–Crippen LogP) is 1.80. The molecule has 3 rings (SSSR count). The number of nitrogens with zero attached hydrogens (tertiary/aromatic N) is 1. The van der Waals surface area contributed by atoms with E-state index < -0.39 is 5.82 Å². The van der Waals surface area contributed by atoms with Gasteiger partial charge in [0.15, 0.2) is 0 Å². The molecule has 6 heteroatoms. The normalized spacial score (nSPS) is 14.1. The number of fused-ring (bicyclic) bond motifs is 1. The molecule has 0 unspecified atom stereocenters. The van der Waals surface area contributed by atoms with Gasteiger partial charge in [0, 0.05) is 25.9 Å². The third-order valence-electron chi connectivity index (χ3n) is 3.38. The summed E-state index contributed by atoms with van der Waals surface area (Å²) < 4.78 is 13.9. The van der Waals surface area contributed by atoms with Gasteiger partial charge in [-0.3, -0.25) is 4.79 Å². The largest absolute Gasteiger partial charge is 0.312 e. The summed E-state index contributed by atoms with van der Waals surface area (Å²) in [5.41, 5.74) is 1.74. The number of halogens is 2. The van der Waals surface area contributed by atoms with Crippen molar-refractivity contribution in [3.8, 4) is 0 Å². The zero-order chi connectivity index (χ0) is 14.1. The van der Waals surface area contributed by atoms with Gasteiger partial charge in [0.2, 0.25) is 0 Å². The highest BCUT2D eigenvalue weighted by molar-refractivity contribution is 6.30. The molecular weight excluding hydrogens is 281 g/mol. The first-order valence-electron chi connectivity index (χ1n) is 6.39. The van der Waals surface area contributed by atoms with Crippen molar-refractivity contribution in [3.05, 3.63) is 62.0 Å². The van der Waals surface area contributed by atoms with E-state index in [0.717, 1.165) is 12.2 Å². The third kappa shape index (κ3) is 2.46. The fourth-order valence-electron chi connectivity index (χ4n) is 2.35. The van der Waals surface area contributed by atoms with Gasteiger partial charge in [-0.25, -0.2) is 9.37 Å². The van der Waals surface area contributed by atoms with Gasteiger partial charge in [0.25, 0.3) is 5.56 Å². The minimum absolute atomic E-state index is 0.0759. The summed E-state index contributed by atoms with van der Waals surface area (Å²) in [6.07, 6.45) is 0.937. The summed E-state index contributed by atoms with van der Waals surface area (Å²) in [5.74, 6) is 0.00743. The highest BCUT2D eigenvalue weighted by Crippen LogP contribution is 2.19. The second-order valence-corrected chi connectivity index (χ2v) is 5.16. The molecule has 4 nitrogen and oxygen atoms in total. The van der Waals surface area contributed by atoms with Gasteiger partial charge in [0.1, 0.15) is 11.6 Å². The lowest BCUT2D eigenvalue weighted by molar-refractivity contribution is 0.604. The Labute approximate surface area is 120 Å². The van der Waals surface area contributed by atoms with E-state index in [1.165, 1.54) is 6.07 Å². The van der Waals surface area contributed by atoms with Crippen molar-refractivity contribution in [1.82, 2.24) is 15.3 Å². The molecule has 0 saturated heterocycles. The summed E-state index contributed by atoms with van der Waals surface area (Å²) >= 11 is 5.75. The SMILES string of the molecule is O=c1[nH]c(Cc2cccc(Cl)c2F)nc2c1CNCC2. The molecule has 20 heavy (non-hydrogen) atoms. The summed E-state index contributed by atoms with van der Waals surface area (Å²) in [7, 11) is 0. The first-order chi connectivity index (χ1) is 9.65. The smallest absolute Gasteiger partial charge is 0.255 e. The molecule has 0 saturated carbocycles. The topological polar surface area (TPSA) is 57.8 Å². The molecule has 2 N–H and O–H groups in total. The Hall–Kier alpha value is -1.72. The van der Waals surface area contributed by atoms with Gasteiger partial charge in [-0.15, -0.1) is 0 Å². The lowest BCUT2D eigenvalue weighted by atomic mass is 10.1. The monoisotopic (exact) mass is 293 g/mol. The van der Waals surface area contributed by atoms with Crippen LogP contribution in [0.4, 0.5) is 4.39 Å². The zero-order valence-corrected chi connectivity index (χ0v) is 11.4. The van der Waals surface area contributed by atoms with Gasteiger partial charge in [-0.1, -0.05) is 23.7 Å². The Balaban J connectivity index is 1.97. The Morgan fingerprint density at radius 2 is 2.25 bits per heavy atom. The summed E-state index contributed by atoms with van der Waals surface area (Å²) in [5, 5.41) is 3.21. The number of aromatic amines is 1. The van der Waals surface area contributed by atoms with Crippen LogP contribution in [-0.2, 0) is 19.4 Å². The maximum atomic E-state index is 13.9. The predicted molar refractivity (Wildman–Crippen MR) is 74.5 cm³/mol. The van der Waals surface area contributed by atoms with Crippen molar-refractivity contribution >= 4 is 11.6 Å². The van der Waals surface area contributed by atoms with E-state index in [0.29, 0.717) is 29.9 Å². The third-order valence-corrected chi connectivity index (χ3v) is 3.67. The number of hydrogen-bond donors (Lipinski definition) is 2. The van der Waals surface area contributed by atoms with Crippen LogP contribution in [0, 0.1) is 5.82 Å². The second kappa shape index (κ2) is 5.34. The van der Waals surface area contributed by atoms with Gasteiger partial charge in [0.05, 0.1) is 16.3 Å². The van der Waals surface area contributed by atoms with Crippen molar-refractivity contribution in [3.63, 3.8) is 0 Å². The van der Waals surface area contributed by atoms with Crippen LogP contribution in [0.25, 0.3) is 0 Å². The first kappa shape index (κ1) is 13.3. The fourth-order valence-corrected chi connectivity index (χ4v) is 2.55. The fraction of sp³-hybridized carbons (Fsp3) is 0.286. The van der Waals surface area contributed by atoms with Crippen LogP contribution in [0.2, 0.25) is 5.02 Å². The van der Waals surface area contributed by atoms with Gasteiger partial charge >= 0.3 is 0 Å². The molecule has 1 aromatic carbocycles. The number of nitrogens with one attached hydrogen (secondary N) is 2. The van der Waals surface area contributed by atoms with Crippen LogP contribution in [0.5, 0.6) is 0 Å². The van der Waals surface area contributed by atoms with Gasteiger partial charge in [-0.2, -0.15) is 0 Å². The first-order valence-corrected chi connectivity index (χ1v) is 6.77. The van der Waals surface area contributed by atoms with E-state index in [1.807, 2.05) is 0 Å². The molecule has 1 aliphatic heterocycles. The highest BCUT2D eigenvalue weighted by atomic mass is 35.5. The Morgan fingerprint density at radius 3 is 3.10 bits per heavy atom. The summed E-state index contributed by atoms with van der Waals surface area (Å²) in [4.78, 5) is 19.1. The number of H-pyrrole nitrogens is 1. The Kier molecular flexibility index (Phi) is 3.54. The molecule has 0 bridgehead atoms. The molecule has 104 valence electrons. The molecular formula is C14H13ClFN3O. The van der Waals surface area contributed by atoms with Crippen molar-refractivity contribution in [2.45, 2.75) is 19.4 Å². The average molecular weight is 294 g/mol. The van der Waals surface area contributed by atoms with Crippen LogP contribution >= 0.6 is 11.6 Å². The minimum Gasteiger partial charge on any atom is -0.312 e. The van der Waals surface area contributed by atoms with Gasteiger partial charge < -0.3 is 10.3 Å². The van der Waals surface area contributed by atoms with Crippen LogP contribution in [0.15, 0.2) is 23.0 Å². The van der Waals surface area contributed by atoms with Crippen LogP contribution in [-0.4, -0.2) is 16.5 Å². The maximum Gasteiger partial charge on any atom is 0.255 e. The van der Waals surface area contributed by atoms with E-state index in [1.54, 1.807) is 12.1 Å². The lowest BCUT2D eigenvalue weighted by Crippen LogP contribution is -2.32. The van der Waals surface area contributed by atoms with Crippen molar-refractivity contribution in [2.24, 2.45) is 0 Å². The van der Waals surface area contributed by atoms with E-state index in [9.17, 15) is 9.18 Å². The second-order valence-electron chi connectivity index (χ2n) is 4.75. The molecule has 0 atom stereocenters. The molecule has 2 heterocycles. The number of aromatic nitrogens is 2. The van der Waals surface area contributed by atoms with Crippen LogP contribution in [0.3, 0.4) is 0 Å². The van der Waals surface area contributed by atoms with Crippen LogP contribution in [0.1, 0.15) is 22.6 Å². The standard InChI is InChI=1S/C14H13ClFN3O/c15-10-3-1-2-8(13(10)16)6-12-18-11-4-5-17-7-9(11)14(20)19-12/h1-3,17H,4-7H2,(H,18,19,20). The summed E-state index contributed by atoms with van der Waals surface area (Å²) in [6.45, 7) is 1.33. The molecule has 1 aliphatic rings. The van der Waals surface area contributed by atoms with Gasteiger partial charge in [-0.05, 0) is 11.6 Å². The Bertz CT molecular complexity index is 714. The maximum absolute atomic E-state index is 13.9. The number of benzene rings is 1. The average Bonchev–Trinajstić information content (AvgIpc) is 2.44. The molecule has 0 radical (unpaired) electrons. The van der Waals surface area contributed by atoms with Crippen molar-refractivity contribution in [2.75, 3.05) is 6.54 Å². The highest BCUT2D eigenvalue weighted by Gasteiger charge is 2.16. The summed E-state index contributed by atoms with van der Waals surface area (Å²) in [6, 6.07) is 4.82. The number of rotatable bonds is 2. The lowest BCUT2D eigenvalue weighted by Gasteiger charge is -2.16. The van der Waals surface area contributed by atoms with Crippen LogP contribution < -0.4 is 10.9 Å². The Morgan fingerprint density at radius 1 is 1.40 bits per heavy atom. The van der Waals surface area contributed by atoms with E-state index in [4.69, 9.17) is 11.6 Å². The number of hydrogen-bond acceptors (Lipinski definition) is 3. The van der Waals surface area contributed by atoms with E-state index in [2.05, 4.69) is 15.3 Å².